The summed E-state index contributed by atoms with van der Waals surface area (Å²) in [6, 6.07) is 25.9. The Labute approximate surface area is 162 Å². The second-order valence-corrected chi connectivity index (χ2v) is 5.92. The van der Waals surface area contributed by atoms with Crippen LogP contribution in [-0.4, -0.2) is 22.1 Å². The van der Waals surface area contributed by atoms with Crippen molar-refractivity contribution >= 4 is 28.6 Å². The quantitative estimate of drug-likeness (QED) is 0.373. The Balaban J connectivity index is 0.000000596. The Morgan fingerprint density at radius 3 is 1.78 bits per heavy atom. The lowest BCUT2D eigenvalue weighted by Crippen LogP contribution is -2.16. The largest absolute Gasteiger partial charge is 0.469 e. The van der Waals surface area contributed by atoms with Gasteiger partial charge in [-0.2, -0.15) is 0 Å². The summed E-state index contributed by atoms with van der Waals surface area (Å²) < 4.78 is 0. The van der Waals surface area contributed by atoms with E-state index < -0.39 is 17.0 Å². The number of halogens is 1. The molecule has 3 rings (SSSR count). The molecule has 0 bridgehead atoms. The molecule has 0 aliphatic heterocycles. The molecule has 5 heteroatoms. The van der Waals surface area contributed by atoms with E-state index in [4.69, 9.17) is 9.90 Å². The lowest BCUT2D eigenvalue weighted by atomic mass is 9.94. The first-order valence-corrected chi connectivity index (χ1v) is 8.51. The maximum absolute atomic E-state index is 12.6. The smallest absolute Gasteiger partial charge is 0.401 e. The molecule has 0 atom stereocenters. The summed E-state index contributed by atoms with van der Waals surface area (Å²) in [4.78, 5) is 33.8. The van der Waals surface area contributed by atoms with E-state index in [1.807, 2.05) is 48.5 Å². The van der Waals surface area contributed by atoms with E-state index in [2.05, 4.69) is 11.6 Å². The Kier molecular flexibility index (Phi) is 7.47. The van der Waals surface area contributed by atoms with E-state index in [0.717, 1.165) is 11.1 Å². The number of rotatable bonds is 5. The average molecular weight is 381 g/mol. The molecular weight excluding hydrogens is 364 g/mol. The molecule has 1 N–H and O–H groups in total. The molecule has 27 heavy (non-hydrogen) atoms. The molecule has 0 radical (unpaired) electrons. The number of Topliss-reactive ketones (excluding diaryl/α,β-unsaturated/α-hetero) is 2. The molecule has 3 aromatic carbocycles. The molecule has 0 aliphatic carbocycles. The third-order valence-electron chi connectivity index (χ3n) is 3.74. The van der Waals surface area contributed by atoms with Crippen LogP contribution in [0.25, 0.3) is 0 Å². The summed E-state index contributed by atoms with van der Waals surface area (Å²) in [7, 11) is 0. The van der Waals surface area contributed by atoms with E-state index in [9.17, 15) is 9.59 Å². The molecule has 136 valence electrons. The maximum atomic E-state index is 12.6. The van der Waals surface area contributed by atoms with Gasteiger partial charge in [0.25, 0.3) is 0 Å². The van der Waals surface area contributed by atoms with E-state index in [-0.39, 0.29) is 0 Å². The molecular formula is C22H17ClO4. The number of hydrogen-bond acceptors (Lipinski definition) is 3. The highest BCUT2D eigenvalue weighted by Crippen LogP contribution is 2.17. The van der Waals surface area contributed by atoms with Gasteiger partial charge in [-0.05, 0) is 17.5 Å². The lowest BCUT2D eigenvalue weighted by Gasteiger charge is -2.08. The SMILES string of the molecule is O=C(C(=O)c1ccccc1Cc1ccccc1)c1ccccc1.O=C(O)Cl. The van der Waals surface area contributed by atoms with Gasteiger partial charge in [0.1, 0.15) is 0 Å². The fourth-order valence-electron chi connectivity index (χ4n) is 2.55. The summed E-state index contributed by atoms with van der Waals surface area (Å²) in [6.07, 6.45) is 0.630. The minimum atomic E-state index is -1.36. The summed E-state index contributed by atoms with van der Waals surface area (Å²) >= 11 is 4.19. The number of carbonyl (C=O) groups is 3. The third-order valence-corrected chi connectivity index (χ3v) is 3.74. The van der Waals surface area contributed by atoms with Gasteiger partial charge in [0.2, 0.25) is 11.6 Å². The van der Waals surface area contributed by atoms with Gasteiger partial charge in [-0.1, -0.05) is 84.9 Å². The number of ketones is 2. The van der Waals surface area contributed by atoms with Gasteiger partial charge in [0.15, 0.2) is 0 Å². The van der Waals surface area contributed by atoms with Gasteiger partial charge < -0.3 is 5.11 Å². The number of carboxylic acid groups (broad SMARTS) is 1. The average Bonchev–Trinajstić information content (AvgIpc) is 2.68. The summed E-state index contributed by atoms with van der Waals surface area (Å²) in [5.41, 5.74) is 1.52. The normalized spacial score (nSPS) is 9.67. The zero-order valence-electron chi connectivity index (χ0n) is 14.3. The first-order chi connectivity index (χ1) is 13.0. The van der Waals surface area contributed by atoms with E-state index in [0.29, 0.717) is 17.5 Å². The van der Waals surface area contributed by atoms with Crippen LogP contribution in [0.5, 0.6) is 0 Å². The van der Waals surface area contributed by atoms with Crippen molar-refractivity contribution < 1.29 is 19.5 Å². The maximum Gasteiger partial charge on any atom is 0.401 e. The minimum Gasteiger partial charge on any atom is -0.469 e. The molecule has 0 heterocycles. The van der Waals surface area contributed by atoms with Crippen LogP contribution in [0, 0.1) is 0 Å². The van der Waals surface area contributed by atoms with Gasteiger partial charge in [0, 0.05) is 22.7 Å². The molecule has 0 aliphatic rings. The number of carbonyl (C=O) groups excluding carboxylic acids is 2. The first kappa shape index (κ1) is 20.1. The van der Waals surface area contributed by atoms with Crippen molar-refractivity contribution in [3.63, 3.8) is 0 Å². The Hall–Kier alpha value is -3.24. The topological polar surface area (TPSA) is 71.4 Å². The molecule has 0 spiro atoms. The Morgan fingerprint density at radius 1 is 0.704 bits per heavy atom. The molecule has 0 fully saturated rings. The van der Waals surface area contributed by atoms with Crippen molar-refractivity contribution in [2.45, 2.75) is 6.42 Å². The van der Waals surface area contributed by atoms with Crippen molar-refractivity contribution in [3.05, 3.63) is 107 Å². The fourth-order valence-corrected chi connectivity index (χ4v) is 2.55. The molecule has 0 saturated carbocycles. The molecule has 4 nitrogen and oxygen atoms in total. The van der Waals surface area contributed by atoms with Crippen LogP contribution < -0.4 is 0 Å². The van der Waals surface area contributed by atoms with Crippen LogP contribution in [0.4, 0.5) is 4.79 Å². The van der Waals surface area contributed by atoms with Crippen LogP contribution in [0.2, 0.25) is 0 Å². The third kappa shape index (κ3) is 6.20. The Bertz CT molecular complexity index is 917. The van der Waals surface area contributed by atoms with Crippen molar-refractivity contribution in [1.29, 1.82) is 0 Å². The predicted octanol–water partition coefficient (Wildman–Crippen LogP) is 5.25. The van der Waals surface area contributed by atoms with Crippen molar-refractivity contribution in [2.75, 3.05) is 0 Å². The van der Waals surface area contributed by atoms with Crippen molar-refractivity contribution in [1.82, 2.24) is 0 Å². The van der Waals surface area contributed by atoms with Crippen LogP contribution in [0.1, 0.15) is 31.8 Å². The standard InChI is InChI=1S/C21H16O2.CHClO2/c22-20(17-11-5-2-6-12-17)21(23)19-14-8-7-13-18(19)15-16-9-3-1-4-10-16;2-1(3)4/h1-14H,15H2;(H,3,4). The number of benzene rings is 3. The van der Waals surface area contributed by atoms with Crippen molar-refractivity contribution in [3.8, 4) is 0 Å². The van der Waals surface area contributed by atoms with Gasteiger partial charge in [-0.3, -0.25) is 9.59 Å². The monoisotopic (exact) mass is 380 g/mol. The number of hydrogen-bond donors (Lipinski definition) is 1. The second-order valence-electron chi connectivity index (χ2n) is 5.60. The first-order valence-electron chi connectivity index (χ1n) is 8.13. The summed E-state index contributed by atoms with van der Waals surface area (Å²) in [6.45, 7) is 0. The molecule has 0 saturated heterocycles. The van der Waals surface area contributed by atoms with Gasteiger partial charge in [-0.15, -0.1) is 0 Å². The summed E-state index contributed by atoms with van der Waals surface area (Å²) in [5, 5.41) is 7.18. The molecule has 0 unspecified atom stereocenters. The van der Waals surface area contributed by atoms with Gasteiger partial charge >= 0.3 is 5.43 Å². The van der Waals surface area contributed by atoms with Crippen molar-refractivity contribution in [2.24, 2.45) is 0 Å². The van der Waals surface area contributed by atoms with Crippen LogP contribution >= 0.6 is 11.6 Å². The van der Waals surface area contributed by atoms with Crippen LogP contribution in [0.15, 0.2) is 84.9 Å². The van der Waals surface area contributed by atoms with Gasteiger partial charge in [0.05, 0.1) is 0 Å². The lowest BCUT2D eigenvalue weighted by molar-refractivity contribution is 0.0816. The molecule has 3 aromatic rings. The molecule has 0 aromatic heterocycles. The highest BCUT2D eigenvalue weighted by atomic mass is 35.5. The van der Waals surface area contributed by atoms with E-state index in [1.54, 1.807) is 36.4 Å². The fraction of sp³-hybridized carbons (Fsp3) is 0.0455. The Morgan fingerprint density at radius 2 is 1.19 bits per heavy atom. The van der Waals surface area contributed by atoms with E-state index >= 15 is 0 Å². The van der Waals surface area contributed by atoms with Gasteiger partial charge in [-0.25, -0.2) is 4.79 Å². The van der Waals surface area contributed by atoms with Crippen LogP contribution in [0.3, 0.4) is 0 Å². The predicted molar refractivity (Wildman–Crippen MR) is 105 cm³/mol. The second kappa shape index (κ2) is 10.0. The van der Waals surface area contributed by atoms with Crippen LogP contribution in [-0.2, 0) is 6.42 Å². The summed E-state index contributed by atoms with van der Waals surface area (Å²) in [5.74, 6) is -0.922. The van der Waals surface area contributed by atoms with E-state index in [1.165, 1.54) is 0 Å². The minimum absolute atomic E-state index is 0.423. The molecule has 0 amide bonds. The highest BCUT2D eigenvalue weighted by Gasteiger charge is 2.20. The zero-order chi connectivity index (χ0) is 19.6. The zero-order valence-corrected chi connectivity index (χ0v) is 15.1. The highest BCUT2D eigenvalue weighted by molar-refractivity contribution is 6.60.